The predicted octanol–water partition coefficient (Wildman–Crippen LogP) is 5.17. The Hall–Kier alpha value is -3.15. The second-order valence-electron chi connectivity index (χ2n) is 6.39. The highest BCUT2D eigenvalue weighted by atomic mass is 35.5. The first-order valence-electron chi connectivity index (χ1n) is 8.90. The predicted molar refractivity (Wildman–Crippen MR) is 114 cm³/mol. The zero-order chi connectivity index (χ0) is 20.2. The van der Waals surface area contributed by atoms with E-state index in [1.54, 1.807) is 35.1 Å². The lowest BCUT2D eigenvalue weighted by atomic mass is 10.1. The zero-order valence-corrected chi connectivity index (χ0v) is 16.7. The Morgan fingerprint density at radius 1 is 0.862 bits per heavy atom. The lowest BCUT2D eigenvalue weighted by molar-refractivity contribution is 0.0951. The van der Waals surface area contributed by atoms with Gasteiger partial charge in [-0.1, -0.05) is 52.7 Å². The van der Waals surface area contributed by atoms with Crippen LogP contribution in [-0.4, -0.2) is 20.9 Å². The van der Waals surface area contributed by atoms with Gasteiger partial charge in [-0.3, -0.25) is 4.79 Å². The molecule has 0 fully saturated rings. The first-order valence-corrected chi connectivity index (χ1v) is 9.65. The number of carbonyl (C=O) groups excluding carboxylic acids is 1. The summed E-state index contributed by atoms with van der Waals surface area (Å²) in [5.74, 6) is -0.150. The molecule has 0 spiro atoms. The van der Waals surface area contributed by atoms with Crippen molar-refractivity contribution in [1.29, 1.82) is 0 Å². The van der Waals surface area contributed by atoms with Gasteiger partial charge in [-0.25, -0.2) is 4.68 Å². The van der Waals surface area contributed by atoms with Crippen LogP contribution in [0.3, 0.4) is 0 Å². The van der Waals surface area contributed by atoms with Gasteiger partial charge >= 0.3 is 0 Å². The number of halogens is 2. The van der Waals surface area contributed by atoms with Crippen molar-refractivity contribution < 1.29 is 4.79 Å². The molecule has 0 unspecified atom stereocenters. The Balaban J connectivity index is 1.48. The lowest BCUT2D eigenvalue weighted by Crippen LogP contribution is -2.22. The molecule has 0 saturated heterocycles. The first kappa shape index (κ1) is 19.2. The van der Waals surface area contributed by atoms with E-state index in [0.717, 1.165) is 22.5 Å². The SMILES string of the molecule is O=C(NCc1ccc(Cl)cc1)c1ccc(-n2nncc2-c2ccc(Cl)cc2)cc1. The molecule has 1 aromatic heterocycles. The summed E-state index contributed by atoms with van der Waals surface area (Å²) >= 11 is 11.8. The molecule has 7 heteroatoms. The quantitative estimate of drug-likeness (QED) is 0.482. The number of nitrogens with zero attached hydrogens (tertiary/aromatic N) is 3. The maximum atomic E-state index is 12.4. The maximum Gasteiger partial charge on any atom is 0.251 e. The Morgan fingerprint density at radius 2 is 1.48 bits per heavy atom. The smallest absolute Gasteiger partial charge is 0.251 e. The number of amides is 1. The topological polar surface area (TPSA) is 59.8 Å². The van der Waals surface area contributed by atoms with E-state index >= 15 is 0 Å². The van der Waals surface area contributed by atoms with Crippen LogP contribution in [0, 0.1) is 0 Å². The minimum absolute atomic E-state index is 0.150. The minimum Gasteiger partial charge on any atom is -0.348 e. The molecule has 3 aromatic carbocycles. The van der Waals surface area contributed by atoms with Crippen LogP contribution in [0.1, 0.15) is 15.9 Å². The summed E-state index contributed by atoms with van der Waals surface area (Å²) in [6.07, 6.45) is 1.69. The highest BCUT2D eigenvalue weighted by molar-refractivity contribution is 6.30. The average Bonchev–Trinajstić information content (AvgIpc) is 3.24. The van der Waals surface area contributed by atoms with Crippen molar-refractivity contribution in [1.82, 2.24) is 20.3 Å². The van der Waals surface area contributed by atoms with Crippen LogP contribution in [0.25, 0.3) is 16.9 Å². The summed E-state index contributed by atoms with van der Waals surface area (Å²) in [6.45, 7) is 0.432. The second-order valence-corrected chi connectivity index (χ2v) is 7.27. The van der Waals surface area contributed by atoms with Gasteiger partial charge in [0, 0.05) is 27.7 Å². The highest BCUT2D eigenvalue weighted by Crippen LogP contribution is 2.23. The van der Waals surface area contributed by atoms with Crippen molar-refractivity contribution in [3.05, 3.63) is 100 Å². The molecule has 0 aliphatic heterocycles. The van der Waals surface area contributed by atoms with Crippen LogP contribution >= 0.6 is 23.2 Å². The van der Waals surface area contributed by atoms with Gasteiger partial charge in [0.1, 0.15) is 0 Å². The van der Waals surface area contributed by atoms with E-state index in [4.69, 9.17) is 23.2 Å². The van der Waals surface area contributed by atoms with Crippen LogP contribution in [0.15, 0.2) is 79.0 Å². The van der Waals surface area contributed by atoms with Crippen molar-refractivity contribution in [3.63, 3.8) is 0 Å². The number of aromatic nitrogens is 3. The Bertz CT molecular complexity index is 1120. The Morgan fingerprint density at radius 3 is 2.14 bits per heavy atom. The standard InChI is InChI=1S/C22H16Cl2N4O/c23-18-7-1-15(2-8-18)13-25-22(29)17-5-11-20(12-6-17)28-21(14-26-27-28)16-3-9-19(24)10-4-16/h1-12,14H,13H2,(H,25,29). The molecule has 1 N–H and O–H groups in total. The third kappa shape index (κ3) is 4.47. The van der Waals surface area contributed by atoms with Gasteiger partial charge in [-0.05, 0) is 54.1 Å². The molecule has 29 heavy (non-hydrogen) atoms. The number of benzene rings is 3. The number of nitrogens with one attached hydrogen (secondary N) is 1. The van der Waals surface area contributed by atoms with Gasteiger partial charge in [0.25, 0.3) is 5.91 Å². The molecule has 4 rings (SSSR count). The first-order chi connectivity index (χ1) is 14.1. The molecule has 5 nitrogen and oxygen atoms in total. The van der Waals surface area contributed by atoms with Gasteiger partial charge in [0.15, 0.2) is 0 Å². The molecule has 0 bridgehead atoms. The maximum absolute atomic E-state index is 12.4. The van der Waals surface area contributed by atoms with Crippen LogP contribution < -0.4 is 5.32 Å². The normalized spacial score (nSPS) is 10.7. The number of hydrogen-bond acceptors (Lipinski definition) is 3. The Kier molecular flexibility index (Phi) is 5.60. The van der Waals surface area contributed by atoms with Gasteiger partial charge in [0.2, 0.25) is 0 Å². The van der Waals surface area contributed by atoms with Crippen LogP contribution in [0.4, 0.5) is 0 Å². The number of hydrogen-bond donors (Lipinski definition) is 1. The van der Waals surface area contributed by atoms with E-state index in [2.05, 4.69) is 15.6 Å². The molecule has 0 aliphatic rings. The fraction of sp³-hybridized carbons (Fsp3) is 0.0455. The van der Waals surface area contributed by atoms with E-state index in [1.165, 1.54) is 0 Å². The summed E-state index contributed by atoms with van der Waals surface area (Å²) in [4.78, 5) is 12.4. The largest absolute Gasteiger partial charge is 0.348 e. The van der Waals surface area contributed by atoms with E-state index in [9.17, 15) is 4.79 Å². The molecule has 0 saturated carbocycles. The van der Waals surface area contributed by atoms with Gasteiger partial charge in [-0.15, -0.1) is 5.10 Å². The van der Waals surface area contributed by atoms with Gasteiger partial charge < -0.3 is 5.32 Å². The van der Waals surface area contributed by atoms with Gasteiger partial charge in [-0.2, -0.15) is 0 Å². The molecule has 0 radical (unpaired) electrons. The molecule has 4 aromatic rings. The third-order valence-corrected chi connectivity index (χ3v) is 4.93. The number of carbonyl (C=O) groups is 1. The Labute approximate surface area is 177 Å². The van der Waals surface area contributed by atoms with Crippen molar-refractivity contribution in [2.45, 2.75) is 6.54 Å². The molecular formula is C22H16Cl2N4O. The molecule has 1 amide bonds. The van der Waals surface area contributed by atoms with E-state index in [0.29, 0.717) is 22.2 Å². The van der Waals surface area contributed by atoms with Crippen molar-refractivity contribution >= 4 is 29.1 Å². The van der Waals surface area contributed by atoms with Crippen LogP contribution in [0.5, 0.6) is 0 Å². The highest BCUT2D eigenvalue weighted by Gasteiger charge is 2.10. The molecule has 0 atom stereocenters. The average molecular weight is 423 g/mol. The summed E-state index contributed by atoms with van der Waals surface area (Å²) in [7, 11) is 0. The minimum atomic E-state index is -0.150. The van der Waals surface area contributed by atoms with Crippen LogP contribution in [-0.2, 0) is 6.54 Å². The molecule has 144 valence electrons. The lowest BCUT2D eigenvalue weighted by Gasteiger charge is -2.09. The fourth-order valence-electron chi connectivity index (χ4n) is 2.88. The summed E-state index contributed by atoms with van der Waals surface area (Å²) < 4.78 is 1.72. The number of rotatable bonds is 5. The van der Waals surface area contributed by atoms with E-state index in [-0.39, 0.29) is 5.91 Å². The molecular weight excluding hydrogens is 407 g/mol. The summed E-state index contributed by atoms with van der Waals surface area (Å²) in [5.41, 5.74) is 4.14. The molecule has 0 aliphatic carbocycles. The summed E-state index contributed by atoms with van der Waals surface area (Å²) in [6, 6.07) is 22.0. The fourth-order valence-corrected chi connectivity index (χ4v) is 3.14. The van der Waals surface area contributed by atoms with Crippen molar-refractivity contribution in [2.24, 2.45) is 0 Å². The van der Waals surface area contributed by atoms with E-state index in [1.807, 2.05) is 48.5 Å². The third-order valence-electron chi connectivity index (χ3n) is 4.43. The summed E-state index contributed by atoms with van der Waals surface area (Å²) in [5, 5.41) is 12.4. The van der Waals surface area contributed by atoms with Crippen molar-refractivity contribution in [2.75, 3.05) is 0 Å². The van der Waals surface area contributed by atoms with Gasteiger partial charge in [0.05, 0.1) is 17.6 Å². The monoisotopic (exact) mass is 422 g/mol. The molecule has 1 heterocycles. The van der Waals surface area contributed by atoms with Crippen molar-refractivity contribution in [3.8, 4) is 16.9 Å². The second kappa shape index (κ2) is 8.47. The van der Waals surface area contributed by atoms with Crippen LogP contribution in [0.2, 0.25) is 10.0 Å². The zero-order valence-electron chi connectivity index (χ0n) is 15.2. The van der Waals surface area contributed by atoms with E-state index < -0.39 is 0 Å².